The van der Waals surface area contributed by atoms with Crippen LogP contribution in [0.15, 0.2) is 28.8 Å². The summed E-state index contributed by atoms with van der Waals surface area (Å²) < 4.78 is 52.2. The zero-order valence-electron chi connectivity index (χ0n) is 15.9. The van der Waals surface area contributed by atoms with Crippen LogP contribution < -0.4 is 10.1 Å². The number of aromatic nitrogens is 2. The number of halogens is 3. The number of ether oxygens (including phenoxy) is 2. The maximum atomic E-state index is 12.4. The Balaban J connectivity index is 1.54. The van der Waals surface area contributed by atoms with Gasteiger partial charge in [0.2, 0.25) is 5.89 Å². The van der Waals surface area contributed by atoms with E-state index in [1.165, 1.54) is 12.1 Å². The summed E-state index contributed by atoms with van der Waals surface area (Å²) in [5, 5.41) is 8.56. The van der Waals surface area contributed by atoms with E-state index in [9.17, 15) is 13.2 Å². The van der Waals surface area contributed by atoms with Crippen LogP contribution >= 0.6 is 0 Å². The van der Waals surface area contributed by atoms with Gasteiger partial charge in [0, 0.05) is 19.6 Å². The second-order valence-corrected chi connectivity index (χ2v) is 7.34. The number of alkyl halides is 3. The number of aryl methyl sites for hydroxylation is 1. The van der Waals surface area contributed by atoms with Crippen molar-refractivity contribution in [3.63, 3.8) is 0 Å². The van der Waals surface area contributed by atoms with E-state index < -0.39 is 6.36 Å². The van der Waals surface area contributed by atoms with E-state index in [2.05, 4.69) is 25.1 Å². The van der Waals surface area contributed by atoms with Crippen molar-refractivity contribution < 1.29 is 27.2 Å². The summed E-state index contributed by atoms with van der Waals surface area (Å²) in [7, 11) is 0. The third kappa shape index (κ3) is 5.06. The highest BCUT2D eigenvalue weighted by Gasteiger charge is 2.36. The fourth-order valence-electron chi connectivity index (χ4n) is 3.95. The number of hydrogen-bond acceptors (Lipinski definition) is 6. The minimum Gasteiger partial charge on any atom is -0.406 e. The van der Waals surface area contributed by atoms with Gasteiger partial charge < -0.3 is 14.0 Å². The Kier molecular flexibility index (Phi) is 5.75. The fourth-order valence-corrected chi connectivity index (χ4v) is 3.95. The molecule has 2 fully saturated rings. The van der Waals surface area contributed by atoms with Gasteiger partial charge in [-0.1, -0.05) is 17.3 Å². The average molecular weight is 411 g/mol. The second kappa shape index (κ2) is 8.29. The molecular formula is C19H22F3N4O3. The predicted molar refractivity (Wildman–Crippen MR) is 95.4 cm³/mol. The maximum absolute atomic E-state index is 12.4. The molecule has 1 radical (unpaired) electrons. The maximum Gasteiger partial charge on any atom is 0.573 e. The van der Waals surface area contributed by atoms with Crippen LogP contribution in [0.3, 0.4) is 0 Å². The lowest BCUT2D eigenvalue weighted by Gasteiger charge is -2.41. The van der Waals surface area contributed by atoms with E-state index in [4.69, 9.17) is 9.26 Å². The summed E-state index contributed by atoms with van der Waals surface area (Å²) in [6.45, 7) is 5.02. The van der Waals surface area contributed by atoms with Crippen molar-refractivity contribution in [2.75, 3.05) is 32.8 Å². The van der Waals surface area contributed by atoms with Gasteiger partial charge in [-0.2, -0.15) is 4.98 Å². The van der Waals surface area contributed by atoms with Crippen LogP contribution in [-0.4, -0.2) is 60.4 Å². The summed E-state index contributed by atoms with van der Waals surface area (Å²) >= 11 is 0. The van der Waals surface area contributed by atoms with Crippen molar-refractivity contribution in [3.8, 4) is 5.75 Å². The Morgan fingerprint density at radius 1 is 1.14 bits per heavy atom. The molecule has 7 nitrogen and oxygen atoms in total. The van der Waals surface area contributed by atoms with Gasteiger partial charge >= 0.3 is 6.36 Å². The molecule has 29 heavy (non-hydrogen) atoms. The molecule has 157 valence electrons. The number of piperidine rings is 1. The molecule has 0 bridgehead atoms. The molecular weight excluding hydrogens is 389 g/mol. The SMILES string of the molecule is Cc1noc(C2CC(c3ccc(OC(F)(F)F)cc3)CN(C3COCC[N]3)C2)n1. The summed E-state index contributed by atoms with van der Waals surface area (Å²) in [6, 6.07) is 6.06. The Hall–Kier alpha value is -2.17. The average Bonchev–Trinajstić information content (AvgIpc) is 3.14. The molecule has 3 atom stereocenters. The molecule has 3 heterocycles. The molecule has 4 rings (SSSR count). The van der Waals surface area contributed by atoms with Gasteiger partial charge in [-0.15, -0.1) is 13.2 Å². The van der Waals surface area contributed by atoms with Gasteiger partial charge in [-0.05, 0) is 37.0 Å². The van der Waals surface area contributed by atoms with Gasteiger partial charge in [0.05, 0.1) is 25.3 Å². The Morgan fingerprint density at radius 2 is 1.90 bits per heavy atom. The van der Waals surface area contributed by atoms with E-state index in [1.54, 1.807) is 19.1 Å². The zero-order chi connectivity index (χ0) is 20.4. The van der Waals surface area contributed by atoms with E-state index in [1.807, 2.05) is 0 Å². The molecule has 2 aliphatic rings. The number of likely N-dealkylation sites (tertiary alicyclic amines) is 1. The number of rotatable bonds is 4. The number of morpholine rings is 1. The summed E-state index contributed by atoms with van der Waals surface area (Å²) in [5.74, 6) is 1.02. The highest BCUT2D eigenvalue weighted by atomic mass is 19.4. The Morgan fingerprint density at radius 3 is 2.52 bits per heavy atom. The normalized spacial score (nSPS) is 26.4. The lowest BCUT2D eigenvalue weighted by molar-refractivity contribution is -0.274. The van der Waals surface area contributed by atoms with Crippen LogP contribution in [0, 0.1) is 6.92 Å². The number of hydrogen-bond donors (Lipinski definition) is 0. The standard InChI is InChI=1S/C19H22F3N4O3/c1-12-24-18(29-25-12)15-8-14(9-26(10-15)17-11-27-7-6-23-17)13-2-4-16(5-3-13)28-19(20,21)22/h2-5,14-15,17H,6-11H2,1H3. The molecule has 0 aliphatic carbocycles. The van der Waals surface area contributed by atoms with Crippen molar-refractivity contribution in [1.82, 2.24) is 20.4 Å². The van der Waals surface area contributed by atoms with Crippen molar-refractivity contribution in [2.24, 2.45) is 0 Å². The van der Waals surface area contributed by atoms with Gasteiger partial charge in [0.25, 0.3) is 0 Å². The lowest BCUT2D eigenvalue weighted by atomic mass is 9.84. The smallest absolute Gasteiger partial charge is 0.406 e. The summed E-state index contributed by atoms with van der Waals surface area (Å²) in [4.78, 5) is 6.62. The highest BCUT2D eigenvalue weighted by Crippen LogP contribution is 2.37. The Bertz CT molecular complexity index is 806. The highest BCUT2D eigenvalue weighted by molar-refractivity contribution is 5.30. The topological polar surface area (TPSA) is 74.7 Å². The zero-order valence-corrected chi connectivity index (χ0v) is 15.9. The van der Waals surface area contributed by atoms with Gasteiger partial charge in [0.15, 0.2) is 5.82 Å². The minimum absolute atomic E-state index is 0.0122. The number of benzene rings is 1. The van der Waals surface area contributed by atoms with E-state index >= 15 is 0 Å². The molecule has 1 aromatic carbocycles. The molecule has 0 spiro atoms. The van der Waals surface area contributed by atoms with Gasteiger partial charge in [-0.3, -0.25) is 4.90 Å². The molecule has 0 amide bonds. The first kappa shape index (κ1) is 20.1. The molecule has 1 aromatic heterocycles. The molecule has 2 saturated heterocycles. The molecule has 3 unspecified atom stereocenters. The minimum atomic E-state index is -4.70. The van der Waals surface area contributed by atoms with E-state index in [0.29, 0.717) is 38.0 Å². The molecule has 2 aliphatic heterocycles. The van der Waals surface area contributed by atoms with Crippen LogP contribution in [0.5, 0.6) is 5.75 Å². The van der Waals surface area contributed by atoms with Crippen molar-refractivity contribution >= 4 is 0 Å². The first-order valence-electron chi connectivity index (χ1n) is 9.52. The van der Waals surface area contributed by atoms with Gasteiger partial charge in [0.1, 0.15) is 5.75 Å². The summed E-state index contributed by atoms with van der Waals surface area (Å²) in [6.07, 6.45) is -4.00. The van der Waals surface area contributed by atoms with Gasteiger partial charge in [-0.25, -0.2) is 5.32 Å². The van der Waals surface area contributed by atoms with E-state index in [0.717, 1.165) is 18.5 Å². The van der Waals surface area contributed by atoms with Crippen molar-refractivity contribution in [2.45, 2.75) is 37.7 Å². The predicted octanol–water partition coefficient (Wildman–Crippen LogP) is 2.81. The molecule has 0 N–H and O–H groups in total. The molecule has 0 saturated carbocycles. The first-order valence-corrected chi connectivity index (χ1v) is 9.52. The summed E-state index contributed by atoms with van der Waals surface area (Å²) in [5.41, 5.74) is 0.933. The largest absolute Gasteiger partial charge is 0.573 e. The number of nitrogens with zero attached hydrogens (tertiary/aromatic N) is 4. The quantitative estimate of drug-likeness (QED) is 0.770. The second-order valence-electron chi connectivity index (χ2n) is 7.34. The van der Waals surface area contributed by atoms with Crippen LogP contribution in [-0.2, 0) is 4.74 Å². The fraction of sp³-hybridized carbons (Fsp3) is 0.579. The monoisotopic (exact) mass is 411 g/mol. The molecule has 10 heteroatoms. The van der Waals surface area contributed by atoms with Crippen LogP contribution in [0.2, 0.25) is 0 Å². The van der Waals surface area contributed by atoms with Crippen molar-refractivity contribution in [1.29, 1.82) is 0 Å². The lowest BCUT2D eigenvalue weighted by Crippen LogP contribution is -2.53. The third-order valence-electron chi connectivity index (χ3n) is 5.22. The van der Waals surface area contributed by atoms with Crippen LogP contribution in [0.4, 0.5) is 13.2 Å². The Labute approximate surface area is 166 Å². The van der Waals surface area contributed by atoms with Crippen LogP contribution in [0.25, 0.3) is 0 Å². The first-order chi connectivity index (χ1) is 13.9. The third-order valence-corrected chi connectivity index (χ3v) is 5.22. The molecule has 2 aromatic rings. The van der Waals surface area contributed by atoms with Crippen LogP contribution in [0.1, 0.15) is 35.5 Å². The van der Waals surface area contributed by atoms with E-state index in [-0.39, 0.29) is 23.8 Å². The van der Waals surface area contributed by atoms with Crippen molar-refractivity contribution in [3.05, 3.63) is 41.5 Å².